The standard InChI is InChI=1S/C18H25N3O5/c1-19-17(23)13-8-26-18(10-20(13)2)11-21(12-18)16(22)9-25-15-7-5-4-6-14(15)24-3/h4-7,13H,8-12H2,1-3H3,(H,19,23)/t13-/m1/s1. The van der Waals surface area contributed by atoms with Crippen LogP contribution in [0.4, 0.5) is 0 Å². The lowest BCUT2D eigenvalue weighted by Gasteiger charge is -2.54. The zero-order valence-electron chi connectivity index (χ0n) is 15.4. The fourth-order valence-corrected chi connectivity index (χ4v) is 3.42. The molecule has 1 aromatic carbocycles. The molecule has 1 N–H and O–H groups in total. The monoisotopic (exact) mass is 363 g/mol. The van der Waals surface area contributed by atoms with Crippen LogP contribution in [0.2, 0.25) is 0 Å². The third-order valence-electron chi connectivity index (χ3n) is 4.90. The number of amides is 2. The Hall–Kier alpha value is -2.32. The van der Waals surface area contributed by atoms with Gasteiger partial charge in [0.05, 0.1) is 26.8 Å². The molecule has 2 aliphatic rings. The minimum atomic E-state index is -0.390. The molecule has 2 heterocycles. The molecule has 0 unspecified atom stereocenters. The van der Waals surface area contributed by atoms with Gasteiger partial charge >= 0.3 is 0 Å². The molecule has 0 saturated carbocycles. The molecule has 3 rings (SSSR count). The number of hydrogen-bond acceptors (Lipinski definition) is 6. The summed E-state index contributed by atoms with van der Waals surface area (Å²) in [4.78, 5) is 27.9. The molecule has 2 saturated heterocycles. The second-order valence-electron chi connectivity index (χ2n) is 6.73. The quantitative estimate of drug-likeness (QED) is 0.776. The molecule has 2 aliphatic heterocycles. The van der Waals surface area contributed by atoms with Crippen LogP contribution in [0.15, 0.2) is 24.3 Å². The van der Waals surface area contributed by atoms with Gasteiger partial charge in [-0.2, -0.15) is 0 Å². The van der Waals surface area contributed by atoms with Crippen molar-refractivity contribution in [2.24, 2.45) is 0 Å². The largest absolute Gasteiger partial charge is 0.493 e. The summed E-state index contributed by atoms with van der Waals surface area (Å²) >= 11 is 0. The van der Waals surface area contributed by atoms with E-state index in [1.165, 1.54) is 0 Å². The van der Waals surface area contributed by atoms with Crippen LogP contribution in [0.1, 0.15) is 0 Å². The highest BCUT2D eigenvalue weighted by Crippen LogP contribution is 2.31. The van der Waals surface area contributed by atoms with Gasteiger partial charge in [-0.3, -0.25) is 14.5 Å². The Bertz CT molecular complexity index is 675. The molecule has 8 heteroatoms. The van der Waals surface area contributed by atoms with Crippen molar-refractivity contribution in [3.05, 3.63) is 24.3 Å². The number of carbonyl (C=O) groups excluding carboxylic acids is 2. The van der Waals surface area contributed by atoms with Crippen LogP contribution >= 0.6 is 0 Å². The number of nitrogens with one attached hydrogen (secondary N) is 1. The number of para-hydroxylation sites is 2. The van der Waals surface area contributed by atoms with Crippen LogP contribution in [0.3, 0.4) is 0 Å². The van der Waals surface area contributed by atoms with Gasteiger partial charge in [-0.15, -0.1) is 0 Å². The minimum absolute atomic E-state index is 0.0485. The SMILES string of the molecule is CNC(=O)[C@H]1COC2(CN(C(=O)COc3ccccc3OC)C2)CN1C. The Morgan fingerprint density at radius 1 is 1.27 bits per heavy atom. The molecule has 2 fully saturated rings. The molecule has 2 amide bonds. The molecule has 142 valence electrons. The van der Waals surface area contributed by atoms with Crippen LogP contribution in [-0.4, -0.2) is 87.3 Å². The molecule has 26 heavy (non-hydrogen) atoms. The molecule has 1 aromatic rings. The maximum absolute atomic E-state index is 12.4. The lowest BCUT2D eigenvalue weighted by atomic mass is 9.90. The minimum Gasteiger partial charge on any atom is -0.493 e. The van der Waals surface area contributed by atoms with E-state index in [0.717, 1.165) is 0 Å². The summed E-state index contributed by atoms with van der Waals surface area (Å²) in [6, 6.07) is 6.93. The average molecular weight is 363 g/mol. The number of likely N-dealkylation sites (tertiary alicyclic amines) is 1. The number of benzene rings is 1. The van der Waals surface area contributed by atoms with E-state index in [0.29, 0.717) is 37.7 Å². The molecule has 0 aliphatic carbocycles. The van der Waals surface area contributed by atoms with E-state index in [9.17, 15) is 9.59 Å². The Labute approximate surface area is 153 Å². The summed E-state index contributed by atoms with van der Waals surface area (Å²) in [6.07, 6.45) is 0. The number of rotatable bonds is 5. The topological polar surface area (TPSA) is 80.3 Å². The van der Waals surface area contributed by atoms with Crippen LogP contribution < -0.4 is 14.8 Å². The smallest absolute Gasteiger partial charge is 0.260 e. The normalized spacial score (nSPS) is 21.8. The summed E-state index contributed by atoms with van der Waals surface area (Å²) in [5.41, 5.74) is -0.390. The molecule has 1 spiro atoms. The third kappa shape index (κ3) is 3.61. The number of ether oxygens (including phenoxy) is 3. The lowest BCUT2D eigenvalue weighted by Crippen LogP contribution is -2.73. The van der Waals surface area contributed by atoms with Crippen molar-refractivity contribution in [1.29, 1.82) is 0 Å². The summed E-state index contributed by atoms with van der Waals surface area (Å²) in [7, 11) is 5.08. The van der Waals surface area contributed by atoms with Crippen molar-refractivity contribution in [2.75, 3.05) is 54.1 Å². The van der Waals surface area contributed by atoms with Gasteiger partial charge in [-0.25, -0.2) is 0 Å². The van der Waals surface area contributed by atoms with Crippen LogP contribution in [0, 0.1) is 0 Å². The average Bonchev–Trinajstić information content (AvgIpc) is 2.63. The van der Waals surface area contributed by atoms with Gasteiger partial charge in [0.15, 0.2) is 18.1 Å². The van der Waals surface area contributed by atoms with E-state index in [1.54, 1.807) is 31.2 Å². The van der Waals surface area contributed by atoms with Crippen molar-refractivity contribution in [3.63, 3.8) is 0 Å². The van der Waals surface area contributed by atoms with E-state index < -0.39 is 0 Å². The summed E-state index contributed by atoms with van der Waals surface area (Å²) in [5, 5.41) is 2.65. The van der Waals surface area contributed by atoms with E-state index in [4.69, 9.17) is 14.2 Å². The fraction of sp³-hybridized carbons (Fsp3) is 0.556. The van der Waals surface area contributed by atoms with Crippen molar-refractivity contribution < 1.29 is 23.8 Å². The van der Waals surface area contributed by atoms with Crippen LogP contribution in [0.5, 0.6) is 11.5 Å². The maximum atomic E-state index is 12.4. The van der Waals surface area contributed by atoms with Gasteiger partial charge in [0.2, 0.25) is 5.91 Å². The molecule has 0 radical (unpaired) electrons. The Morgan fingerprint density at radius 2 is 1.96 bits per heavy atom. The Morgan fingerprint density at radius 3 is 2.58 bits per heavy atom. The first-order valence-corrected chi connectivity index (χ1v) is 8.57. The molecule has 0 aromatic heterocycles. The maximum Gasteiger partial charge on any atom is 0.260 e. The molecule has 8 nitrogen and oxygen atoms in total. The van der Waals surface area contributed by atoms with E-state index in [2.05, 4.69) is 5.32 Å². The number of morpholine rings is 1. The highest BCUT2D eigenvalue weighted by Gasteiger charge is 2.51. The lowest BCUT2D eigenvalue weighted by molar-refractivity contribution is -0.201. The van der Waals surface area contributed by atoms with Crippen molar-refractivity contribution >= 4 is 11.8 Å². The zero-order chi connectivity index (χ0) is 18.7. The second-order valence-corrected chi connectivity index (χ2v) is 6.73. The zero-order valence-corrected chi connectivity index (χ0v) is 15.4. The van der Waals surface area contributed by atoms with E-state index in [-0.39, 0.29) is 30.1 Å². The molecular weight excluding hydrogens is 338 g/mol. The first kappa shape index (κ1) is 18.5. The highest BCUT2D eigenvalue weighted by atomic mass is 16.5. The van der Waals surface area contributed by atoms with E-state index >= 15 is 0 Å². The number of methoxy groups -OCH3 is 1. The van der Waals surface area contributed by atoms with Gasteiger partial charge in [-0.05, 0) is 19.2 Å². The second kappa shape index (κ2) is 7.51. The molecular formula is C18H25N3O5. The summed E-state index contributed by atoms with van der Waals surface area (Å²) in [5.74, 6) is 0.986. The summed E-state index contributed by atoms with van der Waals surface area (Å²) < 4.78 is 16.7. The predicted octanol–water partition coefficient (Wildman–Crippen LogP) is -0.268. The van der Waals surface area contributed by atoms with Gasteiger partial charge in [0.25, 0.3) is 5.91 Å². The van der Waals surface area contributed by atoms with Crippen molar-refractivity contribution in [1.82, 2.24) is 15.1 Å². The van der Waals surface area contributed by atoms with Gasteiger partial charge in [0.1, 0.15) is 11.6 Å². The van der Waals surface area contributed by atoms with Crippen LogP contribution in [-0.2, 0) is 14.3 Å². The van der Waals surface area contributed by atoms with Crippen molar-refractivity contribution in [2.45, 2.75) is 11.6 Å². The number of likely N-dealkylation sites (N-methyl/N-ethyl adjacent to an activating group) is 2. The van der Waals surface area contributed by atoms with Crippen molar-refractivity contribution in [3.8, 4) is 11.5 Å². The number of carbonyl (C=O) groups is 2. The van der Waals surface area contributed by atoms with E-state index in [1.807, 2.05) is 24.1 Å². The third-order valence-corrected chi connectivity index (χ3v) is 4.90. The highest BCUT2D eigenvalue weighted by molar-refractivity contribution is 5.82. The Kier molecular flexibility index (Phi) is 5.33. The predicted molar refractivity (Wildman–Crippen MR) is 94.2 cm³/mol. The van der Waals surface area contributed by atoms with Crippen LogP contribution in [0.25, 0.3) is 0 Å². The Balaban J connectivity index is 1.49. The fourth-order valence-electron chi connectivity index (χ4n) is 3.42. The number of hydrogen-bond donors (Lipinski definition) is 1. The van der Waals surface area contributed by atoms with Gasteiger partial charge in [-0.1, -0.05) is 12.1 Å². The first-order valence-electron chi connectivity index (χ1n) is 8.57. The molecule has 1 atom stereocenters. The first-order chi connectivity index (χ1) is 12.5. The summed E-state index contributed by atoms with van der Waals surface area (Å²) in [6.45, 7) is 1.91. The number of nitrogens with zero attached hydrogens (tertiary/aromatic N) is 2. The van der Waals surface area contributed by atoms with Gasteiger partial charge in [0, 0.05) is 13.6 Å². The molecule has 0 bridgehead atoms. The van der Waals surface area contributed by atoms with Gasteiger partial charge < -0.3 is 24.4 Å².